The summed E-state index contributed by atoms with van der Waals surface area (Å²) in [5.74, 6) is 0.137. The molecular weight excluding hydrogens is 398 g/mol. The van der Waals surface area contributed by atoms with Gasteiger partial charge in [0.05, 0.1) is 18.1 Å². The zero-order valence-electron chi connectivity index (χ0n) is 17.3. The Morgan fingerprint density at radius 3 is 2.27 bits per heavy atom. The first-order valence-corrected chi connectivity index (χ1v) is 11.2. The Labute approximate surface area is 182 Å². The summed E-state index contributed by atoms with van der Waals surface area (Å²) < 4.78 is 5.21. The molecule has 2 bridgehead atoms. The first-order chi connectivity index (χ1) is 14.5. The van der Waals surface area contributed by atoms with Gasteiger partial charge in [-0.1, -0.05) is 54.1 Å². The second kappa shape index (κ2) is 7.37. The Morgan fingerprint density at radius 2 is 1.67 bits per heavy atom. The number of fused-ring (bicyclic) bond motifs is 2. The highest BCUT2D eigenvalue weighted by atomic mass is 35.5. The largest absolute Gasteiger partial charge is 0.468 e. The van der Waals surface area contributed by atoms with Crippen molar-refractivity contribution in [2.75, 3.05) is 13.7 Å². The van der Waals surface area contributed by atoms with Gasteiger partial charge in [0, 0.05) is 23.7 Å². The minimum absolute atomic E-state index is 0.124. The van der Waals surface area contributed by atoms with Crippen LogP contribution in [0.2, 0.25) is 5.02 Å². The summed E-state index contributed by atoms with van der Waals surface area (Å²) in [6, 6.07) is 18.4. The Bertz CT molecular complexity index is 917. The summed E-state index contributed by atoms with van der Waals surface area (Å²) in [7, 11) is 1.49. The maximum atomic E-state index is 12.8. The van der Waals surface area contributed by atoms with E-state index >= 15 is 0 Å². The zero-order chi connectivity index (χ0) is 20.9. The number of carbonyl (C=O) groups is 1. The number of methoxy groups -OCH3 is 1. The van der Waals surface area contributed by atoms with Gasteiger partial charge in [-0.25, -0.2) is 0 Å². The van der Waals surface area contributed by atoms with E-state index in [1.807, 2.05) is 54.6 Å². The standard InChI is InChI=1S/C25H28ClNO3/c1-30-23(28)25(18-5-3-2-4-6-18)13-19(25)16-27-21-11-12-22(27)15-24(29,14-21)17-7-9-20(26)10-8-17/h2-10,19,21-22,29H,11-16H2,1H3/t19-,21+,22+,25+/m0/s1. The molecule has 1 saturated carbocycles. The van der Waals surface area contributed by atoms with Gasteiger partial charge in [-0.2, -0.15) is 0 Å². The normalized spacial score (nSPS) is 35.2. The van der Waals surface area contributed by atoms with E-state index in [4.69, 9.17) is 16.3 Å². The molecule has 5 rings (SSSR count). The van der Waals surface area contributed by atoms with E-state index in [-0.39, 0.29) is 11.9 Å². The molecule has 1 aliphatic carbocycles. The van der Waals surface area contributed by atoms with E-state index in [2.05, 4.69) is 4.90 Å². The average molecular weight is 426 g/mol. The van der Waals surface area contributed by atoms with Crippen molar-refractivity contribution in [2.24, 2.45) is 5.92 Å². The Hall–Kier alpha value is -1.88. The highest BCUT2D eigenvalue weighted by Gasteiger charge is 2.63. The smallest absolute Gasteiger partial charge is 0.316 e. The molecule has 4 nitrogen and oxygen atoms in total. The van der Waals surface area contributed by atoms with Crippen LogP contribution in [0.15, 0.2) is 54.6 Å². The third-order valence-corrected chi connectivity index (χ3v) is 7.93. The second-order valence-corrected chi connectivity index (χ2v) is 9.69. The molecule has 0 amide bonds. The predicted molar refractivity (Wildman–Crippen MR) is 116 cm³/mol. The number of aliphatic hydroxyl groups is 1. The number of carbonyl (C=O) groups excluding carboxylic acids is 1. The van der Waals surface area contributed by atoms with Crippen molar-refractivity contribution >= 4 is 17.6 Å². The monoisotopic (exact) mass is 425 g/mol. The number of hydrogen-bond acceptors (Lipinski definition) is 4. The van der Waals surface area contributed by atoms with Gasteiger partial charge >= 0.3 is 5.97 Å². The highest BCUT2D eigenvalue weighted by molar-refractivity contribution is 6.30. The summed E-state index contributed by atoms with van der Waals surface area (Å²) >= 11 is 6.04. The molecule has 2 aromatic carbocycles. The molecule has 1 N–H and O–H groups in total. The van der Waals surface area contributed by atoms with E-state index in [1.165, 1.54) is 7.11 Å². The lowest BCUT2D eigenvalue weighted by Gasteiger charge is -2.44. The SMILES string of the molecule is COC(=O)[C@@]1(c2ccccc2)C[C@H]1CN1[C@@H]2CC[C@@H]1CC(O)(c1ccc(Cl)cc1)C2. The fourth-order valence-corrected chi connectivity index (χ4v) is 6.18. The first-order valence-electron chi connectivity index (χ1n) is 10.8. The molecule has 2 heterocycles. The molecule has 5 heteroatoms. The van der Waals surface area contributed by atoms with Crippen LogP contribution in [0, 0.1) is 5.92 Å². The minimum Gasteiger partial charge on any atom is -0.468 e. The van der Waals surface area contributed by atoms with Crippen molar-refractivity contribution in [3.8, 4) is 0 Å². The maximum Gasteiger partial charge on any atom is 0.316 e. The Morgan fingerprint density at radius 1 is 1.03 bits per heavy atom. The summed E-state index contributed by atoms with van der Waals surface area (Å²) in [4.78, 5) is 15.3. The fourth-order valence-electron chi connectivity index (χ4n) is 6.05. The molecular formula is C25H28ClNO3. The molecule has 3 aliphatic rings. The van der Waals surface area contributed by atoms with E-state index in [9.17, 15) is 9.90 Å². The van der Waals surface area contributed by atoms with E-state index in [0.29, 0.717) is 17.1 Å². The van der Waals surface area contributed by atoms with Crippen molar-refractivity contribution in [1.29, 1.82) is 0 Å². The minimum atomic E-state index is -0.796. The second-order valence-electron chi connectivity index (χ2n) is 9.26. The van der Waals surface area contributed by atoms with Gasteiger partial charge in [0.1, 0.15) is 0 Å². The molecule has 2 aliphatic heterocycles. The van der Waals surface area contributed by atoms with Crippen LogP contribution >= 0.6 is 11.6 Å². The average Bonchev–Trinajstić information content (AvgIpc) is 3.43. The lowest BCUT2D eigenvalue weighted by Crippen LogP contribution is -2.50. The van der Waals surface area contributed by atoms with Gasteiger partial charge in [0.25, 0.3) is 0 Å². The van der Waals surface area contributed by atoms with Crippen molar-refractivity contribution in [2.45, 2.75) is 55.2 Å². The van der Waals surface area contributed by atoms with Crippen LogP contribution in [0.25, 0.3) is 0 Å². The summed E-state index contributed by atoms with van der Waals surface area (Å²) in [5, 5.41) is 12.1. The van der Waals surface area contributed by atoms with Gasteiger partial charge in [0.15, 0.2) is 0 Å². The van der Waals surface area contributed by atoms with Crippen LogP contribution in [0.5, 0.6) is 0 Å². The molecule has 0 spiro atoms. The summed E-state index contributed by atoms with van der Waals surface area (Å²) in [6.45, 7) is 0.885. The molecule has 30 heavy (non-hydrogen) atoms. The lowest BCUT2D eigenvalue weighted by atomic mass is 9.80. The number of ether oxygens (including phenoxy) is 1. The number of piperidine rings is 1. The molecule has 2 aromatic rings. The third-order valence-electron chi connectivity index (χ3n) is 7.67. The summed E-state index contributed by atoms with van der Waals surface area (Å²) in [6.07, 6.45) is 4.50. The molecule has 0 radical (unpaired) electrons. The Kier molecular flexibility index (Phi) is 4.92. The predicted octanol–water partition coefficient (Wildman–Crippen LogP) is 4.29. The Balaban J connectivity index is 1.34. The topological polar surface area (TPSA) is 49.8 Å². The highest BCUT2D eigenvalue weighted by Crippen LogP contribution is 2.57. The molecule has 158 valence electrons. The van der Waals surface area contributed by atoms with Gasteiger partial charge in [0.2, 0.25) is 0 Å². The number of halogens is 1. The molecule has 0 unspecified atom stereocenters. The van der Waals surface area contributed by atoms with Gasteiger partial charge in [-0.05, 0) is 61.3 Å². The quantitative estimate of drug-likeness (QED) is 0.726. The summed E-state index contributed by atoms with van der Waals surface area (Å²) in [5.41, 5.74) is 0.710. The third kappa shape index (κ3) is 3.17. The van der Waals surface area contributed by atoms with Gasteiger partial charge in [-0.15, -0.1) is 0 Å². The van der Waals surface area contributed by atoms with Crippen LogP contribution in [-0.4, -0.2) is 41.7 Å². The van der Waals surface area contributed by atoms with E-state index < -0.39 is 11.0 Å². The fraction of sp³-hybridized carbons (Fsp3) is 0.480. The van der Waals surface area contributed by atoms with Crippen LogP contribution in [-0.2, 0) is 20.5 Å². The first kappa shape index (κ1) is 20.0. The van der Waals surface area contributed by atoms with Crippen LogP contribution < -0.4 is 0 Å². The van der Waals surface area contributed by atoms with E-state index in [0.717, 1.165) is 49.8 Å². The maximum absolute atomic E-state index is 12.8. The van der Waals surface area contributed by atoms with Crippen molar-refractivity contribution in [1.82, 2.24) is 4.90 Å². The van der Waals surface area contributed by atoms with Crippen molar-refractivity contribution in [3.63, 3.8) is 0 Å². The lowest BCUT2D eigenvalue weighted by molar-refractivity contribution is -0.144. The number of hydrogen-bond donors (Lipinski definition) is 1. The van der Waals surface area contributed by atoms with Crippen LogP contribution in [0.1, 0.15) is 43.2 Å². The molecule has 4 atom stereocenters. The van der Waals surface area contributed by atoms with Crippen LogP contribution in [0.3, 0.4) is 0 Å². The van der Waals surface area contributed by atoms with E-state index in [1.54, 1.807) is 0 Å². The van der Waals surface area contributed by atoms with Gasteiger partial charge < -0.3 is 9.84 Å². The molecule has 3 fully saturated rings. The van der Waals surface area contributed by atoms with Crippen LogP contribution in [0.4, 0.5) is 0 Å². The molecule has 0 aromatic heterocycles. The number of nitrogens with zero attached hydrogens (tertiary/aromatic N) is 1. The number of benzene rings is 2. The number of rotatable bonds is 5. The molecule has 2 saturated heterocycles. The van der Waals surface area contributed by atoms with Gasteiger partial charge in [-0.3, -0.25) is 9.69 Å². The zero-order valence-corrected chi connectivity index (χ0v) is 18.0. The van der Waals surface area contributed by atoms with Crippen molar-refractivity contribution < 1.29 is 14.6 Å². The van der Waals surface area contributed by atoms with Crippen molar-refractivity contribution in [3.05, 3.63) is 70.7 Å². The number of esters is 1.